The second-order valence-electron chi connectivity index (χ2n) is 4.83. The van der Waals surface area contributed by atoms with Crippen LogP contribution in [0.3, 0.4) is 0 Å². The van der Waals surface area contributed by atoms with Gasteiger partial charge in [0.2, 0.25) is 5.91 Å². The molecule has 1 amide bonds. The fraction of sp³-hybridized carbons (Fsp3) is 0.533. The maximum atomic E-state index is 13.8. The summed E-state index contributed by atoms with van der Waals surface area (Å²) in [5.41, 5.74) is 5.58. The van der Waals surface area contributed by atoms with Crippen LogP contribution in [0, 0.1) is 11.2 Å². The minimum atomic E-state index is -0.567. The third kappa shape index (κ3) is 3.48. The van der Waals surface area contributed by atoms with Gasteiger partial charge in [-0.25, -0.2) is 4.39 Å². The first kappa shape index (κ1) is 16.4. The lowest BCUT2D eigenvalue weighted by atomic mass is 9.81. The van der Waals surface area contributed by atoms with Gasteiger partial charge in [0, 0.05) is 24.7 Å². The molecule has 0 heterocycles. The average molecular weight is 282 g/mol. The molecule has 1 aromatic carbocycles. The van der Waals surface area contributed by atoms with Gasteiger partial charge in [-0.2, -0.15) is 0 Å². The van der Waals surface area contributed by atoms with Crippen LogP contribution in [0.4, 0.5) is 4.39 Å². The second kappa shape index (κ2) is 7.24. The summed E-state index contributed by atoms with van der Waals surface area (Å²) < 4.78 is 18.7. The quantitative estimate of drug-likeness (QED) is 0.806. The zero-order valence-corrected chi connectivity index (χ0v) is 12.3. The van der Waals surface area contributed by atoms with Crippen molar-refractivity contribution in [3.05, 3.63) is 29.6 Å². The first-order valence-corrected chi connectivity index (χ1v) is 6.83. The number of halogens is 1. The Bertz CT molecular complexity index is 451. The summed E-state index contributed by atoms with van der Waals surface area (Å²) in [6.07, 6.45) is 1.33. The van der Waals surface area contributed by atoms with E-state index in [0.29, 0.717) is 24.2 Å². The summed E-state index contributed by atoms with van der Waals surface area (Å²) in [7, 11) is 1.48. The molecule has 0 atom stereocenters. The minimum absolute atomic E-state index is 0.125. The van der Waals surface area contributed by atoms with E-state index in [2.05, 4.69) is 5.32 Å². The summed E-state index contributed by atoms with van der Waals surface area (Å²) >= 11 is 0. The molecule has 112 valence electrons. The number of carbonyl (C=O) groups is 1. The summed E-state index contributed by atoms with van der Waals surface area (Å²) in [6.45, 7) is 4.31. The molecule has 0 saturated carbocycles. The molecule has 0 spiro atoms. The van der Waals surface area contributed by atoms with Crippen LogP contribution in [0.15, 0.2) is 18.2 Å². The molecular formula is C15H23FN2O2. The molecule has 0 radical (unpaired) electrons. The molecule has 1 rings (SSSR count). The number of nitrogens with one attached hydrogen (secondary N) is 1. The van der Waals surface area contributed by atoms with Gasteiger partial charge < -0.3 is 15.8 Å². The normalized spacial score (nSPS) is 11.2. The van der Waals surface area contributed by atoms with Crippen molar-refractivity contribution in [3.63, 3.8) is 0 Å². The number of rotatable bonds is 7. The molecule has 20 heavy (non-hydrogen) atoms. The standard InChI is InChI=1S/C15H23FN2O2/c1-4-15(5-2,10-17)14(19)18-9-11-6-7-12(20-3)8-13(11)16/h6-8H,4-5,9-10,17H2,1-3H3,(H,18,19). The van der Waals surface area contributed by atoms with E-state index in [1.807, 2.05) is 13.8 Å². The van der Waals surface area contributed by atoms with E-state index < -0.39 is 11.2 Å². The zero-order chi connectivity index (χ0) is 15.2. The van der Waals surface area contributed by atoms with E-state index in [1.165, 1.54) is 13.2 Å². The number of benzene rings is 1. The summed E-state index contributed by atoms with van der Waals surface area (Å²) in [4.78, 5) is 12.2. The van der Waals surface area contributed by atoms with E-state index in [4.69, 9.17) is 10.5 Å². The van der Waals surface area contributed by atoms with Gasteiger partial charge in [0.1, 0.15) is 11.6 Å². The summed E-state index contributed by atoms with van der Waals surface area (Å²) in [5, 5.41) is 2.77. The lowest BCUT2D eigenvalue weighted by molar-refractivity contribution is -0.131. The first-order valence-electron chi connectivity index (χ1n) is 6.83. The predicted molar refractivity (Wildman–Crippen MR) is 76.9 cm³/mol. The molecule has 0 saturated heterocycles. The smallest absolute Gasteiger partial charge is 0.227 e. The van der Waals surface area contributed by atoms with Crippen LogP contribution in [-0.4, -0.2) is 19.6 Å². The number of ether oxygens (including phenoxy) is 1. The molecule has 0 aliphatic heterocycles. The van der Waals surface area contributed by atoms with Gasteiger partial charge >= 0.3 is 0 Å². The van der Waals surface area contributed by atoms with Gasteiger partial charge in [-0.3, -0.25) is 4.79 Å². The van der Waals surface area contributed by atoms with Crippen LogP contribution in [0.1, 0.15) is 32.3 Å². The number of hydrogen-bond donors (Lipinski definition) is 2. The van der Waals surface area contributed by atoms with E-state index in [9.17, 15) is 9.18 Å². The number of methoxy groups -OCH3 is 1. The van der Waals surface area contributed by atoms with Crippen LogP contribution < -0.4 is 15.8 Å². The van der Waals surface area contributed by atoms with Crippen molar-refractivity contribution in [1.29, 1.82) is 0 Å². The Morgan fingerprint density at radius 1 is 1.40 bits per heavy atom. The fourth-order valence-corrected chi connectivity index (χ4v) is 2.11. The summed E-state index contributed by atoms with van der Waals surface area (Å²) in [5.74, 6) is -0.0628. The van der Waals surface area contributed by atoms with Crippen molar-refractivity contribution in [3.8, 4) is 5.75 Å². The van der Waals surface area contributed by atoms with Gasteiger partial charge in [-0.05, 0) is 18.9 Å². The van der Waals surface area contributed by atoms with Crippen molar-refractivity contribution in [2.24, 2.45) is 11.1 Å². The third-order valence-electron chi connectivity index (χ3n) is 3.93. The van der Waals surface area contributed by atoms with Gasteiger partial charge in [-0.15, -0.1) is 0 Å². The summed E-state index contributed by atoms with van der Waals surface area (Å²) in [6, 6.07) is 4.58. The monoisotopic (exact) mass is 282 g/mol. The molecule has 0 aromatic heterocycles. The van der Waals surface area contributed by atoms with Gasteiger partial charge in [0.15, 0.2) is 0 Å². The average Bonchev–Trinajstić information content (AvgIpc) is 2.48. The Balaban J connectivity index is 2.74. The molecule has 4 nitrogen and oxygen atoms in total. The third-order valence-corrected chi connectivity index (χ3v) is 3.93. The Hall–Kier alpha value is -1.62. The first-order chi connectivity index (χ1) is 9.52. The highest BCUT2D eigenvalue weighted by atomic mass is 19.1. The SMILES string of the molecule is CCC(CC)(CN)C(=O)NCc1ccc(OC)cc1F. The molecule has 0 aliphatic carbocycles. The molecule has 3 N–H and O–H groups in total. The molecule has 0 fully saturated rings. The van der Waals surface area contributed by atoms with Crippen molar-refractivity contribution in [1.82, 2.24) is 5.32 Å². The Morgan fingerprint density at radius 3 is 2.50 bits per heavy atom. The van der Waals surface area contributed by atoms with Crippen molar-refractivity contribution >= 4 is 5.91 Å². The lowest BCUT2D eigenvalue weighted by Crippen LogP contribution is -2.45. The van der Waals surface area contributed by atoms with E-state index in [-0.39, 0.29) is 19.0 Å². The maximum absolute atomic E-state index is 13.8. The number of hydrogen-bond acceptors (Lipinski definition) is 3. The predicted octanol–water partition coefficient (Wildman–Crippen LogP) is 2.22. The van der Waals surface area contributed by atoms with Gasteiger partial charge in [0.05, 0.1) is 12.5 Å². The Morgan fingerprint density at radius 2 is 2.05 bits per heavy atom. The molecular weight excluding hydrogens is 259 g/mol. The number of amides is 1. The Kier molecular flexibility index (Phi) is 5.95. The molecule has 0 aliphatic rings. The maximum Gasteiger partial charge on any atom is 0.227 e. The largest absolute Gasteiger partial charge is 0.497 e. The van der Waals surface area contributed by atoms with Crippen LogP contribution >= 0.6 is 0 Å². The van der Waals surface area contributed by atoms with E-state index >= 15 is 0 Å². The molecule has 5 heteroatoms. The van der Waals surface area contributed by atoms with Crippen LogP contribution in [-0.2, 0) is 11.3 Å². The van der Waals surface area contributed by atoms with E-state index in [1.54, 1.807) is 12.1 Å². The highest BCUT2D eigenvalue weighted by molar-refractivity contribution is 5.82. The highest BCUT2D eigenvalue weighted by Crippen LogP contribution is 2.25. The van der Waals surface area contributed by atoms with Crippen molar-refractivity contribution in [2.45, 2.75) is 33.2 Å². The second-order valence-corrected chi connectivity index (χ2v) is 4.83. The van der Waals surface area contributed by atoms with Gasteiger partial charge in [-0.1, -0.05) is 19.9 Å². The minimum Gasteiger partial charge on any atom is -0.497 e. The molecule has 0 unspecified atom stereocenters. The zero-order valence-electron chi connectivity index (χ0n) is 12.3. The fourth-order valence-electron chi connectivity index (χ4n) is 2.11. The van der Waals surface area contributed by atoms with Gasteiger partial charge in [0.25, 0.3) is 0 Å². The highest BCUT2D eigenvalue weighted by Gasteiger charge is 2.33. The van der Waals surface area contributed by atoms with Crippen molar-refractivity contribution in [2.75, 3.05) is 13.7 Å². The van der Waals surface area contributed by atoms with Crippen LogP contribution in [0.25, 0.3) is 0 Å². The number of carbonyl (C=O) groups excluding carboxylic acids is 1. The lowest BCUT2D eigenvalue weighted by Gasteiger charge is -2.28. The van der Waals surface area contributed by atoms with E-state index in [0.717, 1.165) is 0 Å². The van der Waals surface area contributed by atoms with Crippen molar-refractivity contribution < 1.29 is 13.9 Å². The molecule has 1 aromatic rings. The van der Waals surface area contributed by atoms with Crippen LogP contribution in [0.5, 0.6) is 5.75 Å². The number of nitrogens with two attached hydrogens (primary N) is 1. The topological polar surface area (TPSA) is 64.4 Å². The molecule has 0 bridgehead atoms. The van der Waals surface area contributed by atoms with Crippen LogP contribution in [0.2, 0.25) is 0 Å². The Labute approximate surface area is 119 Å².